The van der Waals surface area contributed by atoms with E-state index in [0.29, 0.717) is 10.8 Å². The van der Waals surface area contributed by atoms with E-state index in [2.05, 4.69) is 5.16 Å². The summed E-state index contributed by atoms with van der Waals surface area (Å²) in [6, 6.07) is 3.35. The van der Waals surface area contributed by atoms with Gasteiger partial charge in [0.15, 0.2) is 10.8 Å². The molecule has 17 heavy (non-hydrogen) atoms. The zero-order valence-corrected chi connectivity index (χ0v) is 10.6. The lowest BCUT2D eigenvalue weighted by molar-refractivity contribution is 0.0730. The van der Waals surface area contributed by atoms with Crippen molar-refractivity contribution in [2.75, 3.05) is 19.0 Å². The molecule has 0 aliphatic rings. The SMILES string of the molecule is Cc1cc(C(=O)Oc2cc(N(C)C)cs2)no1. The van der Waals surface area contributed by atoms with Gasteiger partial charge in [0.05, 0.1) is 5.69 Å². The van der Waals surface area contributed by atoms with E-state index in [1.165, 1.54) is 11.3 Å². The molecule has 6 heteroatoms. The van der Waals surface area contributed by atoms with Crippen LogP contribution >= 0.6 is 11.3 Å². The quantitative estimate of drug-likeness (QED) is 0.785. The van der Waals surface area contributed by atoms with Gasteiger partial charge in [0.2, 0.25) is 0 Å². The fourth-order valence-electron chi connectivity index (χ4n) is 1.20. The number of thiophene rings is 1. The summed E-state index contributed by atoms with van der Waals surface area (Å²) >= 11 is 1.36. The average molecular weight is 252 g/mol. The fraction of sp³-hybridized carbons (Fsp3) is 0.273. The Morgan fingerprint density at radius 3 is 2.76 bits per heavy atom. The van der Waals surface area contributed by atoms with Crippen molar-refractivity contribution in [2.24, 2.45) is 0 Å². The topological polar surface area (TPSA) is 55.6 Å². The second-order valence-electron chi connectivity index (χ2n) is 3.73. The van der Waals surface area contributed by atoms with Crippen molar-refractivity contribution in [2.45, 2.75) is 6.92 Å². The van der Waals surface area contributed by atoms with Crippen molar-refractivity contribution in [3.8, 4) is 5.06 Å². The summed E-state index contributed by atoms with van der Waals surface area (Å²) in [5.74, 6) is 0.0751. The number of aromatic nitrogens is 1. The van der Waals surface area contributed by atoms with E-state index in [0.717, 1.165) is 5.69 Å². The Kier molecular flexibility index (Phi) is 3.14. The largest absolute Gasteiger partial charge is 0.411 e. The maximum absolute atomic E-state index is 11.7. The molecule has 2 rings (SSSR count). The Bertz CT molecular complexity index is 530. The van der Waals surface area contributed by atoms with Crippen LogP contribution in [0.5, 0.6) is 5.06 Å². The summed E-state index contributed by atoms with van der Waals surface area (Å²) in [5.41, 5.74) is 1.18. The number of hydrogen-bond acceptors (Lipinski definition) is 6. The summed E-state index contributed by atoms with van der Waals surface area (Å²) in [7, 11) is 3.85. The van der Waals surface area contributed by atoms with Crippen LogP contribution in [-0.2, 0) is 0 Å². The van der Waals surface area contributed by atoms with Crippen LogP contribution in [0.4, 0.5) is 5.69 Å². The maximum Gasteiger partial charge on any atom is 0.366 e. The zero-order chi connectivity index (χ0) is 12.4. The lowest BCUT2D eigenvalue weighted by Gasteiger charge is -2.07. The highest BCUT2D eigenvalue weighted by molar-refractivity contribution is 7.12. The summed E-state index contributed by atoms with van der Waals surface area (Å²) < 4.78 is 9.99. The number of rotatable bonds is 3. The van der Waals surface area contributed by atoms with Gasteiger partial charge < -0.3 is 14.2 Å². The van der Waals surface area contributed by atoms with Gasteiger partial charge in [-0.3, -0.25) is 0 Å². The number of esters is 1. The molecule has 0 saturated heterocycles. The van der Waals surface area contributed by atoms with Gasteiger partial charge in [-0.15, -0.1) is 11.3 Å². The first kappa shape index (κ1) is 11.7. The van der Waals surface area contributed by atoms with E-state index in [4.69, 9.17) is 9.26 Å². The van der Waals surface area contributed by atoms with Gasteiger partial charge in [0.1, 0.15) is 5.76 Å². The highest BCUT2D eigenvalue weighted by Gasteiger charge is 2.14. The molecule has 0 aromatic carbocycles. The zero-order valence-electron chi connectivity index (χ0n) is 9.76. The van der Waals surface area contributed by atoms with Gasteiger partial charge in [0, 0.05) is 31.6 Å². The van der Waals surface area contributed by atoms with Gasteiger partial charge in [-0.2, -0.15) is 0 Å². The van der Waals surface area contributed by atoms with Crippen LogP contribution in [0.25, 0.3) is 0 Å². The smallest absolute Gasteiger partial charge is 0.366 e. The minimum absolute atomic E-state index is 0.183. The van der Waals surface area contributed by atoms with Crippen LogP contribution in [0.2, 0.25) is 0 Å². The molecule has 0 spiro atoms. The number of ether oxygens (including phenoxy) is 1. The molecule has 2 heterocycles. The number of hydrogen-bond donors (Lipinski definition) is 0. The van der Waals surface area contributed by atoms with Gasteiger partial charge in [0.25, 0.3) is 0 Å². The molecule has 0 atom stereocenters. The number of nitrogens with zero attached hydrogens (tertiary/aromatic N) is 2. The van der Waals surface area contributed by atoms with Crippen LogP contribution in [0.15, 0.2) is 22.0 Å². The summed E-state index contributed by atoms with van der Waals surface area (Å²) in [4.78, 5) is 13.6. The third-order valence-corrected chi connectivity index (χ3v) is 2.90. The average Bonchev–Trinajstić information content (AvgIpc) is 2.86. The number of carbonyl (C=O) groups is 1. The normalized spacial score (nSPS) is 10.3. The number of carbonyl (C=O) groups excluding carboxylic acids is 1. The lowest BCUT2D eigenvalue weighted by Crippen LogP contribution is -2.08. The van der Waals surface area contributed by atoms with Crippen molar-refractivity contribution in [3.05, 3.63) is 29.0 Å². The van der Waals surface area contributed by atoms with Crippen LogP contribution in [-0.4, -0.2) is 25.2 Å². The van der Waals surface area contributed by atoms with Crippen molar-refractivity contribution in [1.82, 2.24) is 5.16 Å². The molecule has 0 saturated carbocycles. The number of anilines is 1. The monoisotopic (exact) mass is 252 g/mol. The second kappa shape index (κ2) is 4.58. The summed E-state index contributed by atoms with van der Waals surface area (Å²) in [6.45, 7) is 1.72. The van der Waals surface area contributed by atoms with Gasteiger partial charge in [-0.1, -0.05) is 5.16 Å². The van der Waals surface area contributed by atoms with E-state index in [9.17, 15) is 4.79 Å². The van der Waals surface area contributed by atoms with Gasteiger partial charge in [-0.05, 0) is 6.92 Å². The molecule has 0 radical (unpaired) electrons. The van der Waals surface area contributed by atoms with Crippen molar-refractivity contribution in [1.29, 1.82) is 0 Å². The maximum atomic E-state index is 11.7. The molecule has 90 valence electrons. The Morgan fingerprint density at radius 1 is 1.47 bits per heavy atom. The molecule has 0 aliphatic heterocycles. The van der Waals surface area contributed by atoms with E-state index in [1.807, 2.05) is 24.4 Å². The van der Waals surface area contributed by atoms with Crippen LogP contribution in [0.1, 0.15) is 16.2 Å². The minimum atomic E-state index is -0.506. The molecule has 0 unspecified atom stereocenters. The highest BCUT2D eigenvalue weighted by Crippen LogP contribution is 2.28. The minimum Gasteiger partial charge on any atom is -0.411 e. The van der Waals surface area contributed by atoms with Gasteiger partial charge >= 0.3 is 5.97 Å². The molecule has 0 amide bonds. The molecular formula is C11H12N2O3S. The fourth-order valence-corrected chi connectivity index (χ4v) is 2.03. The van der Waals surface area contributed by atoms with Crippen molar-refractivity contribution >= 4 is 23.0 Å². The van der Waals surface area contributed by atoms with E-state index in [-0.39, 0.29) is 5.69 Å². The summed E-state index contributed by atoms with van der Waals surface area (Å²) in [5, 5.41) is 6.05. The predicted molar refractivity (Wildman–Crippen MR) is 64.8 cm³/mol. The lowest BCUT2D eigenvalue weighted by atomic mass is 10.4. The molecule has 0 bridgehead atoms. The number of aryl methyl sites for hydroxylation is 1. The van der Waals surface area contributed by atoms with E-state index >= 15 is 0 Å². The molecule has 0 fully saturated rings. The Hall–Kier alpha value is -1.82. The van der Waals surface area contributed by atoms with Crippen molar-refractivity contribution in [3.63, 3.8) is 0 Å². The molecule has 5 nitrogen and oxygen atoms in total. The van der Waals surface area contributed by atoms with Crippen LogP contribution in [0, 0.1) is 6.92 Å². The van der Waals surface area contributed by atoms with Gasteiger partial charge in [-0.25, -0.2) is 4.79 Å². The molecule has 2 aromatic heterocycles. The first-order valence-corrected chi connectivity index (χ1v) is 5.85. The molecule has 0 aliphatic carbocycles. The second-order valence-corrected chi connectivity index (χ2v) is 4.60. The Morgan fingerprint density at radius 2 is 2.24 bits per heavy atom. The Labute approximate surface area is 103 Å². The van der Waals surface area contributed by atoms with Crippen molar-refractivity contribution < 1.29 is 14.1 Å². The van der Waals surface area contributed by atoms with Crippen LogP contribution < -0.4 is 9.64 Å². The summed E-state index contributed by atoms with van der Waals surface area (Å²) in [6.07, 6.45) is 0. The molecule has 0 N–H and O–H groups in total. The first-order chi connectivity index (χ1) is 8.06. The van der Waals surface area contributed by atoms with E-state index in [1.54, 1.807) is 19.1 Å². The predicted octanol–water partition coefficient (Wildman–Crippen LogP) is 2.33. The molecular weight excluding hydrogens is 240 g/mol. The third-order valence-electron chi connectivity index (χ3n) is 2.11. The van der Waals surface area contributed by atoms with E-state index < -0.39 is 5.97 Å². The highest BCUT2D eigenvalue weighted by atomic mass is 32.1. The molecule has 2 aromatic rings. The van der Waals surface area contributed by atoms with Crippen LogP contribution in [0.3, 0.4) is 0 Å². The Balaban J connectivity index is 2.07. The first-order valence-electron chi connectivity index (χ1n) is 4.97. The standard InChI is InChI=1S/C11H12N2O3S/c1-7-4-9(12-16-7)11(14)15-10-5-8(6-17-10)13(2)3/h4-6H,1-3H3. The third kappa shape index (κ3) is 2.65.